The van der Waals surface area contributed by atoms with E-state index in [2.05, 4.69) is 9.93 Å². The first-order valence-corrected chi connectivity index (χ1v) is 7.96. The van der Waals surface area contributed by atoms with Crippen LogP contribution in [0.25, 0.3) is 0 Å². The molecule has 2 heterocycles. The fourth-order valence-corrected chi connectivity index (χ4v) is 3.69. The quantitative estimate of drug-likeness (QED) is 0.693. The van der Waals surface area contributed by atoms with Gasteiger partial charge in [0.25, 0.3) is 10.0 Å². The monoisotopic (exact) mass is 286 g/mol. The Morgan fingerprint density at radius 3 is 2.71 bits per heavy atom. The van der Waals surface area contributed by atoms with Gasteiger partial charge in [-0.3, -0.25) is 0 Å². The van der Waals surface area contributed by atoms with Gasteiger partial charge in [-0.2, -0.15) is 18.4 Å². The van der Waals surface area contributed by atoms with Crippen LogP contribution in [0.1, 0.15) is 10.4 Å². The fraction of sp³-hybridized carbons (Fsp3) is 0.100. The normalized spacial score (nSPS) is 12.1. The maximum absolute atomic E-state index is 11.7. The van der Waals surface area contributed by atoms with Gasteiger partial charge in [-0.15, -0.1) is 22.7 Å². The van der Waals surface area contributed by atoms with E-state index in [1.165, 1.54) is 17.6 Å². The molecule has 0 unspecified atom stereocenters. The predicted molar refractivity (Wildman–Crippen MR) is 71.3 cm³/mol. The van der Waals surface area contributed by atoms with Crippen LogP contribution < -0.4 is 4.83 Å². The summed E-state index contributed by atoms with van der Waals surface area (Å²) in [6.07, 6.45) is 1.52. The van der Waals surface area contributed by atoms with Gasteiger partial charge in [-0.05, 0) is 35.4 Å². The van der Waals surface area contributed by atoms with E-state index in [0.717, 1.165) is 21.8 Å². The van der Waals surface area contributed by atoms with E-state index in [0.29, 0.717) is 0 Å². The first-order valence-electron chi connectivity index (χ1n) is 4.72. The zero-order valence-electron chi connectivity index (χ0n) is 8.95. The lowest BCUT2D eigenvalue weighted by atomic mass is 10.3. The molecule has 0 aromatic carbocycles. The number of hydrogen-bond donors (Lipinski definition) is 1. The van der Waals surface area contributed by atoms with Crippen LogP contribution >= 0.6 is 22.7 Å². The van der Waals surface area contributed by atoms with Crippen molar-refractivity contribution in [2.75, 3.05) is 0 Å². The van der Waals surface area contributed by atoms with Crippen molar-refractivity contribution in [3.63, 3.8) is 0 Å². The molecule has 0 atom stereocenters. The van der Waals surface area contributed by atoms with Gasteiger partial charge in [0, 0.05) is 0 Å². The minimum Gasteiger partial charge on any atom is -0.199 e. The summed E-state index contributed by atoms with van der Waals surface area (Å²) >= 11 is 2.68. The molecular weight excluding hydrogens is 276 g/mol. The van der Waals surface area contributed by atoms with Gasteiger partial charge in [-0.1, -0.05) is 6.07 Å². The van der Waals surface area contributed by atoms with Gasteiger partial charge < -0.3 is 0 Å². The average molecular weight is 286 g/mol. The summed E-state index contributed by atoms with van der Waals surface area (Å²) in [4.78, 5) is 3.13. The van der Waals surface area contributed by atoms with E-state index < -0.39 is 10.0 Å². The third kappa shape index (κ3) is 2.93. The summed E-state index contributed by atoms with van der Waals surface area (Å²) in [5.74, 6) is 0. The van der Waals surface area contributed by atoms with E-state index in [1.807, 2.05) is 18.4 Å². The lowest BCUT2D eigenvalue weighted by molar-refractivity contribution is 0.587. The molecule has 2 rings (SSSR count). The van der Waals surface area contributed by atoms with Crippen LogP contribution in [-0.2, 0) is 10.0 Å². The van der Waals surface area contributed by atoms with Crippen molar-refractivity contribution in [2.24, 2.45) is 5.10 Å². The Morgan fingerprint density at radius 2 is 2.12 bits per heavy atom. The zero-order valence-corrected chi connectivity index (χ0v) is 11.4. The lowest BCUT2D eigenvalue weighted by Crippen LogP contribution is -2.17. The molecule has 4 nitrogen and oxygen atoms in total. The molecule has 1 N–H and O–H groups in total. The van der Waals surface area contributed by atoms with Crippen LogP contribution in [0.5, 0.6) is 0 Å². The highest BCUT2D eigenvalue weighted by Gasteiger charge is 2.13. The van der Waals surface area contributed by atoms with Crippen LogP contribution in [0.3, 0.4) is 0 Å². The van der Waals surface area contributed by atoms with E-state index in [-0.39, 0.29) is 4.21 Å². The molecule has 17 heavy (non-hydrogen) atoms. The Labute approximate surface area is 108 Å². The SMILES string of the molecule is Cc1ccsc1/C=N/NS(=O)(=O)c1cccs1. The largest absolute Gasteiger partial charge is 0.286 e. The van der Waals surface area contributed by atoms with Gasteiger partial charge in [0.05, 0.1) is 11.1 Å². The second kappa shape index (κ2) is 4.99. The lowest BCUT2D eigenvalue weighted by Gasteiger charge is -1.98. The van der Waals surface area contributed by atoms with Crippen LogP contribution in [-0.4, -0.2) is 14.6 Å². The highest BCUT2D eigenvalue weighted by atomic mass is 32.2. The fourth-order valence-electron chi connectivity index (χ4n) is 1.13. The Kier molecular flexibility index (Phi) is 3.60. The molecule has 0 fully saturated rings. The molecule has 90 valence electrons. The number of hydrazone groups is 1. The molecule has 0 radical (unpaired) electrons. The molecular formula is C10H10N2O2S3. The molecule has 0 saturated heterocycles. The number of hydrogen-bond acceptors (Lipinski definition) is 5. The van der Waals surface area contributed by atoms with Gasteiger partial charge in [0.2, 0.25) is 0 Å². The van der Waals surface area contributed by atoms with E-state index in [1.54, 1.807) is 17.5 Å². The highest BCUT2D eigenvalue weighted by Crippen LogP contribution is 2.15. The number of rotatable bonds is 4. The van der Waals surface area contributed by atoms with Crippen molar-refractivity contribution in [3.8, 4) is 0 Å². The minimum absolute atomic E-state index is 0.262. The summed E-state index contributed by atoms with van der Waals surface area (Å²) < 4.78 is 23.7. The molecule has 0 bridgehead atoms. The Hall–Kier alpha value is -1.18. The van der Waals surface area contributed by atoms with Gasteiger partial charge >= 0.3 is 0 Å². The molecule has 0 spiro atoms. The Bertz CT molecular complexity index is 612. The topological polar surface area (TPSA) is 58.5 Å². The standard InChI is InChI=1S/C10H10N2O2S3/c1-8-4-6-15-9(8)7-11-12-17(13,14)10-3-2-5-16-10/h2-7,12H,1H3/b11-7+. The van der Waals surface area contributed by atoms with Crippen molar-refractivity contribution in [2.45, 2.75) is 11.1 Å². The third-order valence-corrected chi connectivity index (χ3v) is 5.59. The number of aryl methyl sites for hydroxylation is 1. The summed E-state index contributed by atoms with van der Waals surface area (Å²) in [6, 6.07) is 5.19. The summed E-state index contributed by atoms with van der Waals surface area (Å²) in [7, 11) is -3.51. The molecule has 0 saturated carbocycles. The van der Waals surface area contributed by atoms with Gasteiger partial charge in [0.15, 0.2) is 0 Å². The summed E-state index contributed by atoms with van der Waals surface area (Å²) in [5.41, 5.74) is 1.08. The molecule has 0 aliphatic carbocycles. The molecule has 0 amide bonds. The van der Waals surface area contributed by atoms with Crippen LogP contribution in [0.4, 0.5) is 0 Å². The van der Waals surface area contributed by atoms with Crippen molar-refractivity contribution >= 4 is 38.9 Å². The maximum atomic E-state index is 11.7. The second-order valence-corrected chi connectivity index (χ2v) is 7.04. The minimum atomic E-state index is -3.51. The Balaban J connectivity index is 2.09. The number of thiophene rings is 2. The van der Waals surface area contributed by atoms with Crippen LogP contribution in [0.15, 0.2) is 38.3 Å². The zero-order chi connectivity index (χ0) is 12.3. The van der Waals surface area contributed by atoms with Crippen LogP contribution in [0.2, 0.25) is 0 Å². The number of nitrogens with zero attached hydrogens (tertiary/aromatic N) is 1. The highest BCUT2D eigenvalue weighted by molar-refractivity contribution is 7.91. The maximum Gasteiger partial charge on any atom is 0.286 e. The van der Waals surface area contributed by atoms with Crippen molar-refractivity contribution in [1.82, 2.24) is 4.83 Å². The van der Waals surface area contributed by atoms with Crippen molar-refractivity contribution in [3.05, 3.63) is 39.4 Å². The number of nitrogens with one attached hydrogen (secondary N) is 1. The summed E-state index contributed by atoms with van der Waals surface area (Å²) in [6.45, 7) is 1.95. The van der Waals surface area contributed by atoms with Gasteiger partial charge in [0.1, 0.15) is 4.21 Å². The smallest absolute Gasteiger partial charge is 0.199 e. The van der Waals surface area contributed by atoms with Gasteiger partial charge in [-0.25, -0.2) is 0 Å². The van der Waals surface area contributed by atoms with E-state index >= 15 is 0 Å². The van der Waals surface area contributed by atoms with Crippen molar-refractivity contribution in [1.29, 1.82) is 0 Å². The van der Waals surface area contributed by atoms with Crippen LogP contribution in [0, 0.1) is 6.92 Å². The third-order valence-electron chi connectivity index (χ3n) is 2.02. The molecule has 0 aliphatic heterocycles. The predicted octanol–water partition coefficient (Wildman–Crippen LogP) is 2.43. The van der Waals surface area contributed by atoms with E-state index in [4.69, 9.17) is 0 Å². The second-order valence-electron chi connectivity index (χ2n) is 3.25. The average Bonchev–Trinajstić information content (AvgIpc) is 2.90. The first kappa shape index (κ1) is 12.3. The Morgan fingerprint density at radius 1 is 1.29 bits per heavy atom. The molecule has 2 aromatic heterocycles. The molecule has 7 heteroatoms. The molecule has 2 aromatic rings. The first-order chi connectivity index (χ1) is 8.09. The van der Waals surface area contributed by atoms with Crippen molar-refractivity contribution < 1.29 is 8.42 Å². The summed E-state index contributed by atoms with van der Waals surface area (Å²) in [5, 5.41) is 7.40. The number of sulfonamides is 1. The van der Waals surface area contributed by atoms with E-state index in [9.17, 15) is 8.42 Å². The molecule has 0 aliphatic rings.